The molecule has 0 saturated heterocycles. The number of aryl methyl sites for hydroxylation is 1. The summed E-state index contributed by atoms with van der Waals surface area (Å²) in [5.74, 6) is 1.50. The maximum Gasteiger partial charge on any atom is 0.129 e. The Morgan fingerprint density at radius 3 is 2.86 bits per heavy atom. The van der Waals surface area contributed by atoms with Gasteiger partial charge in [-0.2, -0.15) is 11.8 Å². The minimum absolute atomic E-state index is 0.202. The van der Waals surface area contributed by atoms with Gasteiger partial charge < -0.3 is 4.74 Å². The molecule has 0 spiro atoms. The smallest absolute Gasteiger partial charge is 0.129 e. The van der Waals surface area contributed by atoms with Crippen molar-refractivity contribution in [2.45, 2.75) is 13.3 Å². The maximum absolute atomic E-state index is 13.1. The largest absolute Gasteiger partial charge is 0.493 e. The van der Waals surface area contributed by atoms with Crippen molar-refractivity contribution in [2.24, 2.45) is 0 Å². The summed E-state index contributed by atoms with van der Waals surface area (Å²) in [5, 5.41) is 0. The van der Waals surface area contributed by atoms with Crippen molar-refractivity contribution < 1.29 is 9.13 Å². The zero-order valence-corrected chi connectivity index (χ0v) is 9.36. The van der Waals surface area contributed by atoms with Gasteiger partial charge in [0.05, 0.1) is 6.61 Å². The highest BCUT2D eigenvalue weighted by molar-refractivity contribution is 7.98. The molecule has 0 saturated carbocycles. The summed E-state index contributed by atoms with van der Waals surface area (Å²) in [7, 11) is 0. The highest BCUT2D eigenvalue weighted by Gasteiger charge is 1.99. The molecule has 0 bridgehead atoms. The molecule has 0 aliphatic carbocycles. The van der Waals surface area contributed by atoms with Gasteiger partial charge in [0.2, 0.25) is 0 Å². The lowest BCUT2D eigenvalue weighted by molar-refractivity contribution is 0.317. The van der Waals surface area contributed by atoms with E-state index in [1.165, 1.54) is 6.07 Å². The van der Waals surface area contributed by atoms with Crippen molar-refractivity contribution in [3.05, 3.63) is 29.6 Å². The van der Waals surface area contributed by atoms with Crippen molar-refractivity contribution >= 4 is 11.8 Å². The predicted octanol–water partition coefficient (Wildman–Crippen LogP) is 3.27. The van der Waals surface area contributed by atoms with Crippen molar-refractivity contribution in [1.82, 2.24) is 0 Å². The quantitative estimate of drug-likeness (QED) is 0.696. The van der Waals surface area contributed by atoms with Gasteiger partial charge >= 0.3 is 0 Å². The summed E-state index contributed by atoms with van der Waals surface area (Å²) in [6, 6.07) is 4.98. The lowest BCUT2D eigenvalue weighted by Crippen LogP contribution is -1.99. The molecule has 0 N–H and O–H groups in total. The summed E-state index contributed by atoms with van der Waals surface area (Å²) in [6.07, 6.45) is 3.06. The highest BCUT2D eigenvalue weighted by Crippen LogP contribution is 2.15. The molecule has 0 amide bonds. The Morgan fingerprint density at radius 2 is 2.21 bits per heavy atom. The van der Waals surface area contributed by atoms with E-state index < -0.39 is 0 Å². The number of thioether (sulfide) groups is 1. The molecular formula is C11H15FOS. The van der Waals surface area contributed by atoms with Crippen LogP contribution in [0.25, 0.3) is 0 Å². The van der Waals surface area contributed by atoms with E-state index in [1.807, 2.05) is 0 Å². The second kappa shape index (κ2) is 5.91. The van der Waals surface area contributed by atoms with Crippen LogP contribution in [0.15, 0.2) is 18.2 Å². The first-order valence-electron chi connectivity index (χ1n) is 4.62. The number of rotatable bonds is 5. The molecule has 78 valence electrons. The van der Waals surface area contributed by atoms with Gasteiger partial charge in [0, 0.05) is 6.07 Å². The minimum Gasteiger partial charge on any atom is -0.493 e. The Kier molecular flexibility index (Phi) is 4.80. The van der Waals surface area contributed by atoms with Crippen LogP contribution in [0.1, 0.15) is 12.0 Å². The topological polar surface area (TPSA) is 9.23 Å². The fourth-order valence-electron chi connectivity index (χ4n) is 1.06. The van der Waals surface area contributed by atoms with E-state index in [9.17, 15) is 4.39 Å². The average Bonchev–Trinajstić information content (AvgIpc) is 2.18. The standard InChI is InChI=1S/C11H15FOS/c1-9-4-5-10(8-11(9)12)13-6-3-7-14-2/h4-5,8H,3,6-7H2,1-2H3. The summed E-state index contributed by atoms with van der Waals surface area (Å²) >= 11 is 1.79. The van der Waals surface area contributed by atoms with Crippen molar-refractivity contribution in [2.75, 3.05) is 18.6 Å². The van der Waals surface area contributed by atoms with E-state index in [2.05, 4.69) is 6.26 Å². The van der Waals surface area contributed by atoms with Gasteiger partial charge in [0.15, 0.2) is 0 Å². The molecule has 1 nitrogen and oxygen atoms in total. The fourth-order valence-corrected chi connectivity index (χ4v) is 1.46. The Hall–Kier alpha value is -0.700. The van der Waals surface area contributed by atoms with Gasteiger partial charge in [-0.25, -0.2) is 4.39 Å². The average molecular weight is 214 g/mol. The molecule has 0 aliphatic heterocycles. The van der Waals surface area contributed by atoms with Gasteiger partial charge in [-0.1, -0.05) is 6.07 Å². The van der Waals surface area contributed by atoms with E-state index in [0.29, 0.717) is 17.9 Å². The van der Waals surface area contributed by atoms with Crippen LogP contribution >= 0.6 is 11.8 Å². The minimum atomic E-state index is -0.202. The Bertz CT molecular complexity index is 289. The number of hydrogen-bond donors (Lipinski definition) is 0. The molecule has 0 atom stereocenters. The first-order chi connectivity index (χ1) is 6.74. The third-order valence-electron chi connectivity index (χ3n) is 1.90. The van der Waals surface area contributed by atoms with Crippen LogP contribution in [0.5, 0.6) is 5.75 Å². The molecule has 0 aliphatic rings. The first-order valence-corrected chi connectivity index (χ1v) is 6.01. The van der Waals surface area contributed by atoms with E-state index in [4.69, 9.17) is 4.74 Å². The van der Waals surface area contributed by atoms with Gasteiger partial charge in [-0.05, 0) is 37.0 Å². The van der Waals surface area contributed by atoms with Gasteiger partial charge in [-0.3, -0.25) is 0 Å². The normalized spacial score (nSPS) is 10.2. The molecule has 3 heteroatoms. The van der Waals surface area contributed by atoms with Crippen LogP contribution in [0.2, 0.25) is 0 Å². The molecule has 1 aromatic carbocycles. The molecule has 14 heavy (non-hydrogen) atoms. The van der Waals surface area contributed by atoms with Gasteiger partial charge in [-0.15, -0.1) is 0 Å². The molecule has 0 unspecified atom stereocenters. The molecule has 0 radical (unpaired) electrons. The second-order valence-corrected chi connectivity index (χ2v) is 4.09. The van der Waals surface area contributed by atoms with Crippen LogP contribution in [-0.4, -0.2) is 18.6 Å². The molecular weight excluding hydrogens is 199 g/mol. The van der Waals surface area contributed by atoms with Crippen LogP contribution < -0.4 is 4.74 Å². The van der Waals surface area contributed by atoms with Crippen LogP contribution in [0.3, 0.4) is 0 Å². The van der Waals surface area contributed by atoms with E-state index in [1.54, 1.807) is 30.8 Å². The molecule has 1 rings (SSSR count). The highest BCUT2D eigenvalue weighted by atomic mass is 32.2. The van der Waals surface area contributed by atoms with Gasteiger partial charge in [0.1, 0.15) is 11.6 Å². The summed E-state index contributed by atoms with van der Waals surface area (Å²) < 4.78 is 18.5. The first kappa shape index (κ1) is 11.4. The van der Waals surface area contributed by atoms with Crippen LogP contribution in [0, 0.1) is 12.7 Å². The summed E-state index contributed by atoms with van der Waals surface area (Å²) in [4.78, 5) is 0. The maximum atomic E-state index is 13.1. The van der Waals surface area contributed by atoms with E-state index in [-0.39, 0.29) is 5.82 Å². The predicted molar refractivity (Wildman–Crippen MR) is 59.6 cm³/mol. The molecule has 1 aromatic rings. The number of benzene rings is 1. The van der Waals surface area contributed by atoms with Crippen molar-refractivity contribution in [3.63, 3.8) is 0 Å². The van der Waals surface area contributed by atoms with Crippen molar-refractivity contribution in [3.8, 4) is 5.75 Å². The SMILES string of the molecule is CSCCCOc1ccc(C)c(F)c1. The molecule has 0 fully saturated rings. The molecule has 0 aromatic heterocycles. The zero-order valence-electron chi connectivity index (χ0n) is 8.55. The lowest BCUT2D eigenvalue weighted by Gasteiger charge is -2.06. The monoisotopic (exact) mass is 214 g/mol. The fraction of sp³-hybridized carbons (Fsp3) is 0.455. The number of halogens is 1. The Morgan fingerprint density at radius 1 is 1.43 bits per heavy atom. The Balaban J connectivity index is 2.39. The van der Waals surface area contributed by atoms with Gasteiger partial charge in [0.25, 0.3) is 0 Å². The summed E-state index contributed by atoms with van der Waals surface area (Å²) in [6.45, 7) is 2.40. The summed E-state index contributed by atoms with van der Waals surface area (Å²) in [5.41, 5.74) is 0.654. The van der Waals surface area contributed by atoms with Crippen LogP contribution in [-0.2, 0) is 0 Å². The zero-order chi connectivity index (χ0) is 10.4. The third kappa shape index (κ3) is 3.58. The Labute approximate surface area is 88.7 Å². The molecule has 0 heterocycles. The van der Waals surface area contributed by atoms with Crippen LogP contribution in [0.4, 0.5) is 4.39 Å². The second-order valence-electron chi connectivity index (χ2n) is 3.11. The third-order valence-corrected chi connectivity index (χ3v) is 2.60. The number of hydrogen-bond acceptors (Lipinski definition) is 2. The van der Waals surface area contributed by atoms with E-state index >= 15 is 0 Å². The van der Waals surface area contributed by atoms with Crippen molar-refractivity contribution in [1.29, 1.82) is 0 Å². The number of ether oxygens (including phenoxy) is 1. The lowest BCUT2D eigenvalue weighted by atomic mass is 10.2. The van der Waals surface area contributed by atoms with E-state index in [0.717, 1.165) is 12.2 Å².